The van der Waals surface area contributed by atoms with Crippen molar-refractivity contribution >= 4 is 0 Å². The Morgan fingerprint density at radius 2 is 1.69 bits per heavy atom. The van der Waals surface area contributed by atoms with Gasteiger partial charge in [-0.25, -0.2) is 0 Å². The molecule has 0 aliphatic heterocycles. The molecular weight excluding hydrogens is 196 g/mol. The fraction of sp³-hybridized carbons (Fsp3) is 0.600. The van der Waals surface area contributed by atoms with Gasteiger partial charge in [0.05, 0.1) is 0 Å². The van der Waals surface area contributed by atoms with E-state index in [0.717, 1.165) is 11.8 Å². The Hall–Kier alpha value is -0.980. The van der Waals surface area contributed by atoms with Gasteiger partial charge in [-0.3, -0.25) is 0 Å². The monoisotopic (exact) mass is 218 g/mol. The molecule has 0 atom stereocenters. The summed E-state index contributed by atoms with van der Waals surface area (Å²) < 4.78 is 0. The van der Waals surface area contributed by atoms with Gasteiger partial charge in [0.2, 0.25) is 0 Å². The van der Waals surface area contributed by atoms with E-state index in [1.54, 1.807) is 12.1 Å². The molecule has 0 bridgehead atoms. The molecule has 1 aliphatic carbocycles. The number of hydrogen-bond acceptors (Lipinski definition) is 1. The van der Waals surface area contributed by atoms with Gasteiger partial charge in [0.15, 0.2) is 0 Å². The van der Waals surface area contributed by atoms with E-state index in [2.05, 4.69) is 6.92 Å². The molecule has 1 nitrogen and oxygen atoms in total. The second-order valence-corrected chi connectivity index (χ2v) is 5.33. The van der Waals surface area contributed by atoms with Crippen LogP contribution in [0.5, 0.6) is 5.75 Å². The fourth-order valence-electron chi connectivity index (χ4n) is 2.65. The van der Waals surface area contributed by atoms with Gasteiger partial charge < -0.3 is 5.11 Å². The molecule has 2 rings (SSSR count). The summed E-state index contributed by atoms with van der Waals surface area (Å²) in [6.45, 7) is 2.37. The van der Waals surface area contributed by atoms with Crippen LogP contribution in [0.1, 0.15) is 44.6 Å². The molecular formula is C15H22O. The highest BCUT2D eigenvalue weighted by molar-refractivity contribution is 5.25. The summed E-state index contributed by atoms with van der Waals surface area (Å²) in [5, 5.41) is 9.20. The maximum absolute atomic E-state index is 9.20. The number of aryl methyl sites for hydroxylation is 1. The summed E-state index contributed by atoms with van der Waals surface area (Å²) in [5.41, 5.74) is 1.36. The Bertz CT molecular complexity index is 307. The highest BCUT2D eigenvalue weighted by Crippen LogP contribution is 2.31. The van der Waals surface area contributed by atoms with E-state index < -0.39 is 0 Å². The highest BCUT2D eigenvalue weighted by atomic mass is 16.3. The van der Waals surface area contributed by atoms with Crippen molar-refractivity contribution in [2.45, 2.75) is 45.4 Å². The van der Waals surface area contributed by atoms with Gasteiger partial charge >= 0.3 is 0 Å². The van der Waals surface area contributed by atoms with Crippen molar-refractivity contribution in [3.63, 3.8) is 0 Å². The Balaban J connectivity index is 1.77. The van der Waals surface area contributed by atoms with Crippen LogP contribution in [0.3, 0.4) is 0 Å². The molecule has 0 amide bonds. The highest BCUT2D eigenvalue weighted by Gasteiger charge is 2.17. The molecule has 0 aromatic heterocycles. The second kappa shape index (κ2) is 5.38. The van der Waals surface area contributed by atoms with Gasteiger partial charge in [-0.2, -0.15) is 0 Å². The van der Waals surface area contributed by atoms with Crippen molar-refractivity contribution in [2.24, 2.45) is 11.8 Å². The van der Waals surface area contributed by atoms with Crippen molar-refractivity contribution in [1.29, 1.82) is 0 Å². The lowest BCUT2D eigenvalue weighted by atomic mass is 9.80. The van der Waals surface area contributed by atoms with Crippen molar-refractivity contribution in [2.75, 3.05) is 0 Å². The van der Waals surface area contributed by atoms with E-state index in [1.807, 2.05) is 12.1 Å². The van der Waals surface area contributed by atoms with Gasteiger partial charge in [-0.1, -0.05) is 44.7 Å². The molecule has 88 valence electrons. The molecule has 0 saturated heterocycles. The van der Waals surface area contributed by atoms with Gasteiger partial charge in [-0.15, -0.1) is 0 Å². The van der Waals surface area contributed by atoms with E-state index in [4.69, 9.17) is 0 Å². The first kappa shape index (κ1) is 11.5. The maximum atomic E-state index is 9.20. The molecule has 1 saturated carbocycles. The lowest BCUT2D eigenvalue weighted by Crippen LogP contribution is -2.12. The number of aromatic hydroxyl groups is 1. The molecule has 1 aromatic carbocycles. The van der Waals surface area contributed by atoms with Gasteiger partial charge in [-0.05, 0) is 42.4 Å². The van der Waals surface area contributed by atoms with Crippen LogP contribution in [0.25, 0.3) is 0 Å². The van der Waals surface area contributed by atoms with E-state index >= 15 is 0 Å². The van der Waals surface area contributed by atoms with Crippen LogP contribution in [0.4, 0.5) is 0 Å². The smallest absolute Gasteiger partial charge is 0.115 e. The molecule has 0 unspecified atom stereocenters. The van der Waals surface area contributed by atoms with Crippen molar-refractivity contribution in [1.82, 2.24) is 0 Å². The lowest BCUT2D eigenvalue weighted by Gasteiger charge is -2.26. The summed E-state index contributed by atoms with van der Waals surface area (Å²) in [6.07, 6.45) is 8.15. The minimum atomic E-state index is 0.371. The molecule has 1 aliphatic rings. The third kappa shape index (κ3) is 3.26. The molecule has 1 aromatic rings. The van der Waals surface area contributed by atoms with Crippen LogP contribution in [0, 0.1) is 11.8 Å². The third-order valence-corrected chi connectivity index (χ3v) is 3.91. The first-order valence-corrected chi connectivity index (χ1v) is 6.52. The van der Waals surface area contributed by atoms with E-state index in [9.17, 15) is 5.11 Å². The number of phenolic OH excluding ortho intramolecular Hbond substituents is 1. The van der Waals surface area contributed by atoms with Crippen LogP contribution >= 0.6 is 0 Å². The summed E-state index contributed by atoms with van der Waals surface area (Å²) >= 11 is 0. The number of hydrogen-bond donors (Lipinski definition) is 1. The van der Waals surface area contributed by atoms with E-state index in [0.29, 0.717) is 5.75 Å². The SMILES string of the molecule is CC1CCC(CCc2ccc(O)cc2)CC1. The summed E-state index contributed by atoms with van der Waals surface area (Å²) in [4.78, 5) is 0. The summed E-state index contributed by atoms with van der Waals surface area (Å²) in [6, 6.07) is 7.66. The van der Waals surface area contributed by atoms with Crippen molar-refractivity contribution in [3.8, 4) is 5.75 Å². The van der Waals surface area contributed by atoms with Gasteiger partial charge in [0.1, 0.15) is 5.75 Å². The van der Waals surface area contributed by atoms with E-state index in [-0.39, 0.29) is 0 Å². The van der Waals surface area contributed by atoms with Crippen molar-refractivity contribution < 1.29 is 5.11 Å². The molecule has 0 spiro atoms. The molecule has 1 heteroatoms. The third-order valence-electron chi connectivity index (χ3n) is 3.91. The van der Waals surface area contributed by atoms with Crippen molar-refractivity contribution in [3.05, 3.63) is 29.8 Å². The Morgan fingerprint density at radius 3 is 2.31 bits per heavy atom. The quantitative estimate of drug-likeness (QED) is 0.808. The average molecular weight is 218 g/mol. The zero-order chi connectivity index (χ0) is 11.4. The molecule has 0 heterocycles. The maximum Gasteiger partial charge on any atom is 0.115 e. The Morgan fingerprint density at radius 1 is 1.06 bits per heavy atom. The topological polar surface area (TPSA) is 20.2 Å². The molecule has 1 fully saturated rings. The summed E-state index contributed by atoms with van der Waals surface area (Å²) in [7, 11) is 0. The number of rotatable bonds is 3. The normalized spacial score (nSPS) is 25.6. The van der Waals surface area contributed by atoms with Gasteiger partial charge in [0.25, 0.3) is 0 Å². The van der Waals surface area contributed by atoms with Gasteiger partial charge in [0, 0.05) is 0 Å². The van der Waals surface area contributed by atoms with E-state index in [1.165, 1.54) is 44.1 Å². The summed E-state index contributed by atoms with van der Waals surface area (Å²) in [5.74, 6) is 2.25. The first-order chi connectivity index (χ1) is 7.74. The number of phenols is 1. The molecule has 1 N–H and O–H groups in total. The minimum absolute atomic E-state index is 0.371. The molecule has 0 radical (unpaired) electrons. The molecule has 16 heavy (non-hydrogen) atoms. The largest absolute Gasteiger partial charge is 0.508 e. The van der Waals surface area contributed by atoms with Crippen LogP contribution in [-0.2, 0) is 6.42 Å². The minimum Gasteiger partial charge on any atom is -0.508 e. The first-order valence-electron chi connectivity index (χ1n) is 6.52. The second-order valence-electron chi connectivity index (χ2n) is 5.33. The zero-order valence-corrected chi connectivity index (χ0v) is 10.2. The van der Waals surface area contributed by atoms with Crippen LogP contribution < -0.4 is 0 Å². The lowest BCUT2D eigenvalue weighted by molar-refractivity contribution is 0.278. The average Bonchev–Trinajstić information content (AvgIpc) is 2.30. The predicted octanol–water partition coefficient (Wildman–Crippen LogP) is 4.15. The standard InChI is InChI=1S/C15H22O/c1-12-2-4-13(5-3-12)6-7-14-8-10-15(16)11-9-14/h8-13,16H,2-7H2,1H3. The Labute approximate surface area is 98.5 Å². The predicted molar refractivity (Wildman–Crippen MR) is 67.5 cm³/mol. The zero-order valence-electron chi connectivity index (χ0n) is 10.2. The van der Waals surface area contributed by atoms with Crippen LogP contribution in [-0.4, -0.2) is 5.11 Å². The van der Waals surface area contributed by atoms with Crippen LogP contribution in [0.15, 0.2) is 24.3 Å². The number of benzene rings is 1. The fourth-order valence-corrected chi connectivity index (χ4v) is 2.65. The van der Waals surface area contributed by atoms with Crippen LogP contribution in [0.2, 0.25) is 0 Å². The Kier molecular flexibility index (Phi) is 3.87.